The molecule has 0 aromatic heterocycles. The summed E-state index contributed by atoms with van der Waals surface area (Å²) in [6, 6.07) is 1.25. The number of hydrogen-bond acceptors (Lipinski definition) is 2. The maximum Gasteiger partial charge on any atom is 0.0469 e. The summed E-state index contributed by atoms with van der Waals surface area (Å²) < 4.78 is 5.33. The van der Waals surface area contributed by atoms with Gasteiger partial charge < -0.3 is 10.1 Å². The molecule has 1 aliphatic heterocycles. The lowest BCUT2D eigenvalue weighted by Crippen LogP contribution is -2.40. The van der Waals surface area contributed by atoms with E-state index in [0.29, 0.717) is 12.1 Å². The molecule has 0 aliphatic carbocycles. The zero-order valence-corrected chi connectivity index (χ0v) is 10.5. The summed E-state index contributed by atoms with van der Waals surface area (Å²) in [5.74, 6) is 0.821. The van der Waals surface area contributed by atoms with E-state index in [1.54, 1.807) is 0 Å². The summed E-state index contributed by atoms with van der Waals surface area (Å²) in [7, 11) is 0. The largest absolute Gasteiger partial charge is 0.381 e. The highest BCUT2D eigenvalue weighted by Crippen LogP contribution is 2.18. The molecule has 0 radical (unpaired) electrons. The number of nitrogens with one attached hydrogen (secondary N) is 1. The van der Waals surface area contributed by atoms with E-state index < -0.39 is 0 Å². The molecule has 2 heteroatoms. The van der Waals surface area contributed by atoms with Gasteiger partial charge in [0, 0.05) is 26.7 Å². The average molecular weight is 203 g/mol. The Morgan fingerprint density at radius 2 is 1.64 bits per heavy atom. The first-order chi connectivity index (χ1) is 6.70. The molecule has 2 nitrogen and oxygen atoms in total. The fourth-order valence-corrected chi connectivity index (χ4v) is 1.88. The summed E-state index contributed by atoms with van der Waals surface area (Å²) in [6.07, 6.45) is 2.45. The maximum absolute atomic E-state index is 5.33. The second kappa shape index (κ2) is 8.25. The van der Waals surface area contributed by atoms with Crippen LogP contribution in [0.2, 0.25) is 0 Å². The van der Waals surface area contributed by atoms with Gasteiger partial charge in [-0.25, -0.2) is 0 Å². The first kappa shape index (κ1) is 13.9. The first-order valence-electron chi connectivity index (χ1n) is 6.04. The Morgan fingerprint density at radius 1 is 1.14 bits per heavy atom. The van der Waals surface area contributed by atoms with Crippen molar-refractivity contribution in [2.24, 2.45) is 5.92 Å². The average Bonchev–Trinajstić information content (AvgIpc) is 2.21. The molecule has 0 saturated carbocycles. The quantitative estimate of drug-likeness (QED) is 0.761. The van der Waals surface area contributed by atoms with Crippen LogP contribution in [0.5, 0.6) is 0 Å². The van der Waals surface area contributed by atoms with Crippen LogP contribution in [0.25, 0.3) is 0 Å². The van der Waals surface area contributed by atoms with Gasteiger partial charge in [-0.2, -0.15) is 0 Å². The molecule has 1 aliphatic rings. The smallest absolute Gasteiger partial charge is 0.0469 e. The van der Waals surface area contributed by atoms with Gasteiger partial charge in [0.15, 0.2) is 0 Å². The van der Waals surface area contributed by atoms with E-state index in [2.05, 4.69) is 26.1 Å². The molecule has 1 atom stereocenters. The Hall–Kier alpha value is -0.0800. The number of rotatable bonds is 3. The van der Waals surface area contributed by atoms with Crippen LogP contribution in [-0.4, -0.2) is 25.3 Å². The molecule has 1 rings (SSSR count). The summed E-state index contributed by atoms with van der Waals surface area (Å²) in [5.41, 5.74) is 0. The second-order valence-corrected chi connectivity index (χ2v) is 4.06. The molecule has 1 saturated heterocycles. The van der Waals surface area contributed by atoms with Crippen molar-refractivity contribution in [2.45, 2.75) is 59.5 Å². The van der Waals surface area contributed by atoms with Gasteiger partial charge in [0.2, 0.25) is 0 Å². The standard InChI is InChI=1S/C10H21NO.C2H6.H2/c1-8(2)11-9(3)10-4-6-12-7-5-10;1-2;/h8-11H,4-7H2,1-3H3;1-2H3;1H/t9-;;/m1../s1. The van der Waals surface area contributed by atoms with Gasteiger partial charge in [-0.1, -0.05) is 27.7 Å². The van der Waals surface area contributed by atoms with E-state index >= 15 is 0 Å². The number of hydrogen-bond donors (Lipinski definition) is 1. The zero-order valence-electron chi connectivity index (χ0n) is 10.5. The van der Waals surface area contributed by atoms with Gasteiger partial charge in [0.1, 0.15) is 0 Å². The third-order valence-electron chi connectivity index (χ3n) is 2.57. The van der Waals surface area contributed by atoms with Crippen LogP contribution in [0.3, 0.4) is 0 Å². The van der Waals surface area contributed by atoms with Crippen molar-refractivity contribution in [1.29, 1.82) is 0 Å². The molecule has 1 N–H and O–H groups in total. The van der Waals surface area contributed by atoms with Gasteiger partial charge in [0.05, 0.1) is 0 Å². The van der Waals surface area contributed by atoms with Crippen molar-refractivity contribution in [2.75, 3.05) is 13.2 Å². The fourth-order valence-electron chi connectivity index (χ4n) is 1.88. The summed E-state index contributed by atoms with van der Waals surface area (Å²) in [6.45, 7) is 12.6. The highest BCUT2D eigenvalue weighted by molar-refractivity contribution is 4.75. The molecule has 0 bridgehead atoms. The second-order valence-electron chi connectivity index (χ2n) is 4.06. The Labute approximate surface area is 90.9 Å². The van der Waals surface area contributed by atoms with Gasteiger partial charge in [0.25, 0.3) is 0 Å². The molecule has 0 spiro atoms. The SMILES string of the molecule is CC.CC(C)N[C@H](C)C1CCOCC1.[HH]. The first-order valence-corrected chi connectivity index (χ1v) is 6.04. The zero-order chi connectivity index (χ0) is 11.0. The van der Waals surface area contributed by atoms with E-state index in [-0.39, 0.29) is 1.43 Å². The predicted octanol–water partition coefficient (Wildman–Crippen LogP) is 3.07. The molecule has 1 heterocycles. The Kier molecular flexibility index (Phi) is 8.20. The molecule has 0 amide bonds. The Bertz CT molecular complexity index is 125. The monoisotopic (exact) mass is 203 g/mol. The van der Waals surface area contributed by atoms with Crippen LogP contribution in [-0.2, 0) is 4.74 Å². The topological polar surface area (TPSA) is 21.3 Å². The van der Waals surface area contributed by atoms with Crippen molar-refractivity contribution in [1.82, 2.24) is 5.32 Å². The minimum atomic E-state index is 0. The normalized spacial score (nSPS) is 20.1. The van der Waals surface area contributed by atoms with Gasteiger partial charge >= 0.3 is 0 Å². The van der Waals surface area contributed by atoms with E-state index in [9.17, 15) is 0 Å². The fraction of sp³-hybridized carbons (Fsp3) is 1.00. The molecular weight excluding hydrogens is 174 g/mol. The maximum atomic E-state index is 5.33. The van der Waals surface area contributed by atoms with Crippen LogP contribution in [0, 0.1) is 5.92 Å². The van der Waals surface area contributed by atoms with Crippen LogP contribution in [0.4, 0.5) is 0 Å². The highest BCUT2D eigenvalue weighted by Gasteiger charge is 2.20. The molecule has 14 heavy (non-hydrogen) atoms. The lowest BCUT2D eigenvalue weighted by Gasteiger charge is -2.29. The van der Waals surface area contributed by atoms with Crippen molar-refractivity contribution in [3.8, 4) is 0 Å². The van der Waals surface area contributed by atoms with Crippen LogP contribution >= 0.6 is 0 Å². The molecule has 0 aromatic carbocycles. The van der Waals surface area contributed by atoms with Gasteiger partial charge in [-0.15, -0.1) is 0 Å². The Morgan fingerprint density at radius 3 is 2.07 bits per heavy atom. The molecule has 0 unspecified atom stereocenters. The molecule has 88 valence electrons. The van der Waals surface area contributed by atoms with Gasteiger partial charge in [-0.05, 0) is 25.7 Å². The third kappa shape index (κ3) is 5.61. The lowest BCUT2D eigenvalue weighted by molar-refractivity contribution is 0.0550. The van der Waals surface area contributed by atoms with Crippen molar-refractivity contribution >= 4 is 0 Å². The summed E-state index contributed by atoms with van der Waals surface area (Å²) in [4.78, 5) is 0. The van der Waals surface area contributed by atoms with Crippen molar-refractivity contribution in [3.63, 3.8) is 0 Å². The molecule has 0 aromatic rings. The third-order valence-corrected chi connectivity index (χ3v) is 2.57. The van der Waals surface area contributed by atoms with Crippen LogP contribution in [0.1, 0.15) is 48.9 Å². The van der Waals surface area contributed by atoms with E-state index in [4.69, 9.17) is 4.74 Å². The minimum Gasteiger partial charge on any atom is -0.381 e. The van der Waals surface area contributed by atoms with Crippen LogP contribution < -0.4 is 5.32 Å². The number of ether oxygens (including phenoxy) is 1. The summed E-state index contributed by atoms with van der Waals surface area (Å²) in [5, 5.41) is 3.56. The van der Waals surface area contributed by atoms with E-state index in [1.807, 2.05) is 13.8 Å². The van der Waals surface area contributed by atoms with E-state index in [1.165, 1.54) is 12.8 Å². The lowest BCUT2D eigenvalue weighted by atomic mass is 9.92. The summed E-state index contributed by atoms with van der Waals surface area (Å²) >= 11 is 0. The van der Waals surface area contributed by atoms with Crippen LogP contribution in [0.15, 0.2) is 0 Å². The van der Waals surface area contributed by atoms with Gasteiger partial charge in [-0.3, -0.25) is 0 Å². The Balaban J connectivity index is 0. The predicted molar refractivity (Wildman–Crippen MR) is 64.7 cm³/mol. The highest BCUT2D eigenvalue weighted by atomic mass is 16.5. The van der Waals surface area contributed by atoms with Crippen molar-refractivity contribution < 1.29 is 6.16 Å². The molecule has 1 fully saturated rings. The molecular formula is C12H29NO. The van der Waals surface area contributed by atoms with Crippen molar-refractivity contribution in [3.05, 3.63) is 0 Å². The van der Waals surface area contributed by atoms with E-state index in [0.717, 1.165) is 19.1 Å². The minimum absolute atomic E-state index is 0.